The Morgan fingerprint density at radius 3 is 2.47 bits per heavy atom. The number of aliphatic hydroxyl groups excluding tert-OH is 3. The number of hydrogen-bond donors (Lipinski definition) is 3. The summed E-state index contributed by atoms with van der Waals surface area (Å²) in [7, 11) is 0. The molecule has 0 radical (unpaired) electrons. The van der Waals surface area contributed by atoms with Crippen LogP contribution >= 0.6 is 0 Å². The molecule has 1 fully saturated rings. The summed E-state index contributed by atoms with van der Waals surface area (Å²) in [6, 6.07) is 0. The number of hydrogen-bond acceptors (Lipinski definition) is 5. The molecule has 0 aromatic rings. The normalized spacial score (nSPS) is 38.3. The summed E-state index contributed by atoms with van der Waals surface area (Å²) < 4.78 is 10.9. The Bertz CT molecular complexity index is 209. The van der Waals surface area contributed by atoms with Gasteiger partial charge in [0.1, 0.15) is 24.4 Å². The van der Waals surface area contributed by atoms with E-state index in [0.717, 1.165) is 19.3 Å². The van der Waals surface area contributed by atoms with Gasteiger partial charge in [-0.2, -0.15) is 0 Å². The van der Waals surface area contributed by atoms with Gasteiger partial charge >= 0.3 is 0 Å². The van der Waals surface area contributed by atoms with Crippen LogP contribution in [0.2, 0.25) is 0 Å². The van der Waals surface area contributed by atoms with Gasteiger partial charge in [0.15, 0.2) is 0 Å². The molecular formula is C12H24O5. The molecule has 0 saturated carbocycles. The Labute approximate surface area is 102 Å². The second kappa shape index (κ2) is 7.28. The van der Waals surface area contributed by atoms with Crippen molar-refractivity contribution in [3.8, 4) is 0 Å². The van der Waals surface area contributed by atoms with E-state index in [-0.39, 0.29) is 6.61 Å². The second-order valence-electron chi connectivity index (χ2n) is 4.59. The van der Waals surface area contributed by atoms with E-state index in [1.54, 1.807) is 6.92 Å². The molecule has 0 aromatic carbocycles. The third kappa shape index (κ3) is 3.89. The number of rotatable bonds is 6. The lowest BCUT2D eigenvalue weighted by molar-refractivity contribution is -0.237. The fourth-order valence-electron chi connectivity index (χ4n) is 2.05. The third-order valence-electron chi connectivity index (χ3n) is 3.16. The van der Waals surface area contributed by atoms with E-state index in [1.807, 2.05) is 0 Å². The highest BCUT2D eigenvalue weighted by molar-refractivity contribution is 4.91. The topological polar surface area (TPSA) is 79.2 Å². The van der Waals surface area contributed by atoms with Crippen molar-refractivity contribution < 1.29 is 24.8 Å². The standard InChI is InChI=1S/C12H24O5/c1-3-4-5-6-16-12-9(7-13)17-8(2)10(14)11(12)15/h8-15H,3-7H2,1-2H3. The van der Waals surface area contributed by atoms with Crippen LogP contribution in [0.15, 0.2) is 0 Å². The minimum atomic E-state index is -1.00. The van der Waals surface area contributed by atoms with Crippen LogP contribution in [0.3, 0.4) is 0 Å². The fraction of sp³-hybridized carbons (Fsp3) is 1.00. The Hall–Kier alpha value is -0.200. The number of unbranched alkanes of at least 4 members (excludes halogenated alkanes) is 2. The van der Waals surface area contributed by atoms with Crippen LogP contribution in [0.5, 0.6) is 0 Å². The largest absolute Gasteiger partial charge is 0.394 e. The zero-order valence-electron chi connectivity index (χ0n) is 10.6. The van der Waals surface area contributed by atoms with Crippen molar-refractivity contribution in [1.29, 1.82) is 0 Å². The van der Waals surface area contributed by atoms with Gasteiger partial charge in [0.25, 0.3) is 0 Å². The molecule has 1 saturated heterocycles. The molecule has 5 heteroatoms. The zero-order chi connectivity index (χ0) is 12.8. The lowest BCUT2D eigenvalue weighted by Crippen LogP contribution is -2.58. The summed E-state index contributed by atoms with van der Waals surface area (Å²) in [5.41, 5.74) is 0. The minimum Gasteiger partial charge on any atom is -0.394 e. The van der Waals surface area contributed by atoms with Crippen molar-refractivity contribution in [3.63, 3.8) is 0 Å². The van der Waals surface area contributed by atoms with Gasteiger partial charge in [-0.15, -0.1) is 0 Å². The Kier molecular flexibility index (Phi) is 6.37. The molecular weight excluding hydrogens is 224 g/mol. The van der Waals surface area contributed by atoms with Gasteiger partial charge in [0, 0.05) is 6.61 Å². The molecule has 17 heavy (non-hydrogen) atoms. The number of ether oxygens (including phenoxy) is 2. The summed E-state index contributed by atoms with van der Waals surface area (Å²) in [6.45, 7) is 4.06. The van der Waals surface area contributed by atoms with E-state index in [0.29, 0.717) is 6.61 Å². The molecule has 0 bridgehead atoms. The van der Waals surface area contributed by atoms with Crippen LogP contribution in [0, 0.1) is 0 Å². The van der Waals surface area contributed by atoms with Crippen LogP contribution in [-0.4, -0.2) is 59.1 Å². The zero-order valence-corrected chi connectivity index (χ0v) is 10.6. The lowest BCUT2D eigenvalue weighted by Gasteiger charge is -2.41. The van der Waals surface area contributed by atoms with E-state index in [9.17, 15) is 15.3 Å². The average Bonchev–Trinajstić information content (AvgIpc) is 2.33. The molecule has 0 amide bonds. The van der Waals surface area contributed by atoms with Crippen LogP contribution in [-0.2, 0) is 9.47 Å². The quantitative estimate of drug-likeness (QED) is 0.579. The van der Waals surface area contributed by atoms with Gasteiger partial charge in [0.05, 0.1) is 12.7 Å². The van der Waals surface area contributed by atoms with Gasteiger partial charge < -0.3 is 24.8 Å². The van der Waals surface area contributed by atoms with Gasteiger partial charge in [0.2, 0.25) is 0 Å². The Morgan fingerprint density at radius 1 is 1.18 bits per heavy atom. The summed E-state index contributed by atoms with van der Waals surface area (Å²) in [5, 5.41) is 28.8. The molecule has 0 spiro atoms. The summed E-state index contributed by atoms with van der Waals surface area (Å²) >= 11 is 0. The maximum atomic E-state index is 9.90. The van der Waals surface area contributed by atoms with Crippen LogP contribution in [0.1, 0.15) is 33.1 Å². The first kappa shape index (κ1) is 14.9. The first-order chi connectivity index (χ1) is 8.11. The Morgan fingerprint density at radius 2 is 1.88 bits per heavy atom. The first-order valence-electron chi connectivity index (χ1n) is 6.35. The molecule has 1 aliphatic heterocycles. The predicted octanol–water partition coefficient (Wildman–Crippen LogP) is 0.0632. The molecule has 5 atom stereocenters. The van der Waals surface area contributed by atoms with E-state index < -0.39 is 30.5 Å². The van der Waals surface area contributed by atoms with Crippen LogP contribution < -0.4 is 0 Å². The third-order valence-corrected chi connectivity index (χ3v) is 3.16. The van der Waals surface area contributed by atoms with Crippen LogP contribution in [0.4, 0.5) is 0 Å². The molecule has 102 valence electrons. The summed E-state index contributed by atoms with van der Waals surface area (Å²) in [4.78, 5) is 0. The van der Waals surface area contributed by atoms with Gasteiger partial charge in [-0.1, -0.05) is 19.8 Å². The van der Waals surface area contributed by atoms with Crippen molar-refractivity contribution in [2.75, 3.05) is 13.2 Å². The maximum absolute atomic E-state index is 9.90. The van der Waals surface area contributed by atoms with Crippen molar-refractivity contribution in [1.82, 2.24) is 0 Å². The van der Waals surface area contributed by atoms with Gasteiger partial charge in [-0.3, -0.25) is 0 Å². The fourth-order valence-corrected chi connectivity index (χ4v) is 2.05. The summed E-state index contributed by atoms with van der Waals surface area (Å²) in [6.07, 6.45) is -0.608. The van der Waals surface area contributed by atoms with E-state index in [2.05, 4.69) is 6.92 Å². The highest BCUT2D eigenvalue weighted by Gasteiger charge is 2.42. The number of aliphatic hydroxyl groups is 3. The molecule has 0 aromatic heterocycles. The van der Waals surface area contributed by atoms with Crippen molar-refractivity contribution in [2.45, 2.75) is 63.6 Å². The second-order valence-corrected chi connectivity index (χ2v) is 4.59. The molecule has 0 aliphatic carbocycles. The van der Waals surface area contributed by atoms with E-state index >= 15 is 0 Å². The molecule has 1 rings (SSSR count). The minimum absolute atomic E-state index is 0.216. The van der Waals surface area contributed by atoms with Crippen LogP contribution in [0.25, 0.3) is 0 Å². The van der Waals surface area contributed by atoms with Gasteiger partial charge in [-0.05, 0) is 13.3 Å². The van der Waals surface area contributed by atoms with Crippen molar-refractivity contribution in [2.24, 2.45) is 0 Å². The highest BCUT2D eigenvalue weighted by Crippen LogP contribution is 2.23. The predicted molar refractivity (Wildman–Crippen MR) is 62.7 cm³/mol. The van der Waals surface area contributed by atoms with Crippen molar-refractivity contribution in [3.05, 3.63) is 0 Å². The summed E-state index contributed by atoms with van der Waals surface area (Å²) in [5.74, 6) is 0. The van der Waals surface area contributed by atoms with Crippen molar-refractivity contribution >= 4 is 0 Å². The lowest BCUT2D eigenvalue weighted by atomic mass is 9.96. The van der Waals surface area contributed by atoms with Gasteiger partial charge in [-0.25, -0.2) is 0 Å². The molecule has 5 nitrogen and oxygen atoms in total. The molecule has 1 heterocycles. The first-order valence-corrected chi connectivity index (χ1v) is 6.35. The average molecular weight is 248 g/mol. The molecule has 3 N–H and O–H groups in total. The Balaban J connectivity index is 2.47. The molecule has 5 unspecified atom stereocenters. The van der Waals surface area contributed by atoms with E-state index in [1.165, 1.54) is 0 Å². The maximum Gasteiger partial charge on any atom is 0.114 e. The SMILES string of the molecule is CCCCCOC1C(CO)OC(C)C(O)C1O. The highest BCUT2D eigenvalue weighted by atomic mass is 16.6. The smallest absolute Gasteiger partial charge is 0.114 e. The van der Waals surface area contributed by atoms with E-state index in [4.69, 9.17) is 9.47 Å². The molecule has 1 aliphatic rings. The monoisotopic (exact) mass is 248 g/mol.